The number of rotatable bonds is 5. The number of hydrogen-bond acceptors (Lipinski definition) is 3. The van der Waals surface area contributed by atoms with Crippen molar-refractivity contribution in [2.24, 2.45) is 7.05 Å². The van der Waals surface area contributed by atoms with Crippen molar-refractivity contribution in [2.45, 2.75) is 18.9 Å². The molecule has 1 atom stereocenters. The fraction of sp³-hybridized carbons (Fsp3) is 0.227. The summed E-state index contributed by atoms with van der Waals surface area (Å²) in [4.78, 5) is 31.0. The quantitative estimate of drug-likeness (QED) is 0.699. The van der Waals surface area contributed by atoms with Crippen molar-refractivity contribution in [3.8, 4) is 0 Å². The number of carbonyl (C=O) groups is 2. The van der Waals surface area contributed by atoms with E-state index >= 15 is 0 Å². The van der Waals surface area contributed by atoms with Gasteiger partial charge in [0.25, 0.3) is 5.91 Å². The van der Waals surface area contributed by atoms with E-state index in [0.29, 0.717) is 17.0 Å². The summed E-state index contributed by atoms with van der Waals surface area (Å²) in [5, 5.41) is 3.69. The van der Waals surface area contributed by atoms with Crippen molar-refractivity contribution in [1.82, 2.24) is 14.9 Å². The average Bonchev–Trinajstić information content (AvgIpc) is 3.35. The van der Waals surface area contributed by atoms with Crippen LogP contribution in [0.15, 0.2) is 60.9 Å². The molecule has 3 aromatic rings. The number of nitrogens with zero attached hydrogens (tertiary/aromatic N) is 3. The van der Waals surface area contributed by atoms with Gasteiger partial charge in [-0.25, -0.2) is 4.98 Å². The van der Waals surface area contributed by atoms with Crippen LogP contribution in [0.2, 0.25) is 5.02 Å². The number of hydrogen-bond donors (Lipinski definition) is 1. The van der Waals surface area contributed by atoms with Gasteiger partial charge in [-0.3, -0.25) is 9.59 Å². The minimum atomic E-state index is -0.417. The van der Waals surface area contributed by atoms with Crippen molar-refractivity contribution in [1.29, 1.82) is 0 Å². The molecule has 1 aliphatic rings. The van der Waals surface area contributed by atoms with E-state index in [1.165, 1.54) is 0 Å². The Hall–Kier alpha value is -3.12. The first-order valence-electron chi connectivity index (χ1n) is 9.47. The average molecular weight is 409 g/mol. The molecular formula is C22H21ClN4O2. The summed E-state index contributed by atoms with van der Waals surface area (Å²) in [7, 11) is 1.89. The van der Waals surface area contributed by atoms with Gasteiger partial charge in [-0.1, -0.05) is 23.7 Å². The van der Waals surface area contributed by atoms with Crippen LogP contribution in [0.4, 0.5) is 5.69 Å². The van der Waals surface area contributed by atoms with Gasteiger partial charge in [0.2, 0.25) is 5.91 Å². The van der Waals surface area contributed by atoms with Gasteiger partial charge in [0.05, 0.1) is 0 Å². The molecule has 6 nitrogen and oxygen atoms in total. The minimum absolute atomic E-state index is 0.125. The zero-order valence-corrected chi connectivity index (χ0v) is 16.8. The molecule has 148 valence electrons. The lowest BCUT2D eigenvalue weighted by Crippen LogP contribution is -2.31. The summed E-state index contributed by atoms with van der Waals surface area (Å²) in [6, 6.07) is 14.0. The molecule has 29 heavy (non-hydrogen) atoms. The molecule has 4 rings (SSSR count). The molecule has 0 saturated carbocycles. The van der Waals surface area contributed by atoms with Gasteiger partial charge in [0, 0.05) is 48.7 Å². The zero-order valence-electron chi connectivity index (χ0n) is 16.0. The number of carbonyl (C=O) groups excluding carboxylic acids is 2. The van der Waals surface area contributed by atoms with Gasteiger partial charge in [0.1, 0.15) is 11.9 Å². The number of imidazole rings is 1. The minimum Gasteiger partial charge on any atom is -0.338 e. The van der Waals surface area contributed by atoms with Gasteiger partial charge >= 0.3 is 0 Å². The fourth-order valence-electron chi connectivity index (χ4n) is 3.54. The Morgan fingerprint density at radius 3 is 2.45 bits per heavy atom. The highest BCUT2D eigenvalue weighted by molar-refractivity contribution is 6.30. The van der Waals surface area contributed by atoms with E-state index in [4.69, 9.17) is 11.6 Å². The number of nitrogens with one attached hydrogen (secondary N) is 1. The van der Waals surface area contributed by atoms with E-state index in [9.17, 15) is 9.59 Å². The first-order valence-corrected chi connectivity index (χ1v) is 9.85. The second-order valence-corrected chi connectivity index (χ2v) is 7.49. The maximum absolute atomic E-state index is 12.9. The van der Waals surface area contributed by atoms with Crippen LogP contribution in [-0.2, 0) is 11.8 Å². The maximum atomic E-state index is 12.9. The third kappa shape index (κ3) is 4.03. The first-order chi connectivity index (χ1) is 14.0. The summed E-state index contributed by atoms with van der Waals surface area (Å²) in [5.74, 6) is 0.631. The SMILES string of the molecule is Cn1ccnc1[C@H](NC(=O)c1ccc(N2CCCC2=O)cc1)c1ccc(Cl)cc1. The number of aromatic nitrogens is 2. The molecule has 2 aromatic carbocycles. The lowest BCUT2D eigenvalue weighted by molar-refractivity contribution is -0.117. The first kappa shape index (κ1) is 19.2. The lowest BCUT2D eigenvalue weighted by atomic mass is 10.1. The highest BCUT2D eigenvalue weighted by atomic mass is 35.5. The van der Waals surface area contributed by atoms with Gasteiger partial charge in [-0.05, 0) is 48.4 Å². The lowest BCUT2D eigenvalue weighted by Gasteiger charge is -2.20. The summed E-state index contributed by atoms with van der Waals surface area (Å²) in [6.07, 6.45) is 4.99. The van der Waals surface area contributed by atoms with Crippen molar-refractivity contribution >= 4 is 29.1 Å². The molecule has 0 radical (unpaired) electrons. The largest absolute Gasteiger partial charge is 0.338 e. The molecule has 1 N–H and O–H groups in total. The molecule has 0 spiro atoms. The number of aryl methyl sites for hydroxylation is 1. The number of anilines is 1. The van der Waals surface area contributed by atoms with E-state index in [2.05, 4.69) is 10.3 Å². The van der Waals surface area contributed by atoms with E-state index in [-0.39, 0.29) is 11.8 Å². The molecule has 1 fully saturated rings. The Balaban J connectivity index is 1.57. The third-order valence-electron chi connectivity index (χ3n) is 5.11. The van der Waals surface area contributed by atoms with Crippen molar-refractivity contribution < 1.29 is 9.59 Å². The molecule has 0 bridgehead atoms. The number of halogens is 1. The van der Waals surface area contributed by atoms with Crippen molar-refractivity contribution in [3.05, 3.63) is 82.9 Å². The Bertz CT molecular complexity index is 1030. The van der Waals surface area contributed by atoms with Gasteiger partial charge < -0.3 is 14.8 Å². The molecule has 1 saturated heterocycles. The predicted molar refractivity (Wildman–Crippen MR) is 112 cm³/mol. The monoisotopic (exact) mass is 408 g/mol. The highest BCUT2D eigenvalue weighted by Gasteiger charge is 2.23. The van der Waals surface area contributed by atoms with Crippen LogP contribution in [0.5, 0.6) is 0 Å². The van der Waals surface area contributed by atoms with Crippen LogP contribution in [-0.4, -0.2) is 27.9 Å². The maximum Gasteiger partial charge on any atom is 0.252 e. The van der Waals surface area contributed by atoms with E-state index in [1.54, 1.807) is 35.4 Å². The van der Waals surface area contributed by atoms with Gasteiger partial charge in [-0.15, -0.1) is 0 Å². The van der Waals surface area contributed by atoms with Gasteiger partial charge in [0.15, 0.2) is 0 Å². The molecule has 0 aliphatic carbocycles. The molecule has 0 unspecified atom stereocenters. The predicted octanol–water partition coefficient (Wildman–Crippen LogP) is 3.72. The molecule has 1 aromatic heterocycles. The van der Waals surface area contributed by atoms with Crippen LogP contribution in [0, 0.1) is 0 Å². The Morgan fingerprint density at radius 1 is 1.14 bits per heavy atom. The van der Waals surface area contributed by atoms with Crippen LogP contribution >= 0.6 is 11.6 Å². The van der Waals surface area contributed by atoms with Crippen molar-refractivity contribution in [2.75, 3.05) is 11.4 Å². The van der Waals surface area contributed by atoms with Crippen LogP contribution in [0.3, 0.4) is 0 Å². The summed E-state index contributed by atoms with van der Waals surface area (Å²) < 4.78 is 1.88. The van der Waals surface area contributed by atoms with Crippen LogP contribution in [0.25, 0.3) is 0 Å². The molecule has 2 heterocycles. The Morgan fingerprint density at radius 2 is 1.86 bits per heavy atom. The van der Waals surface area contributed by atoms with E-state index in [0.717, 1.165) is 30.0 Å². The van der Waals surface area contributed by atoms with Crippen LogP contribution in [0.1, 0.15) is 40.6 Å². The summed E-state index contributed by atoms with van der Waals surface area (Å²) >= 11 is 6.02. The number of benzene rings is 2. The van der Waals surface area contributed by atoms with Gasteiger partial charge in [-0.2, -0.15) is 0 Å². The molecule has 7 heteroatoms. The highest BCUT2D eigenvalue weighted by Crippen LogP contribution is 2.24. The Labute approximate surface area is 174 Å². The third-order valence-corrected chi connectivity index (χ3v) is 5.36. The topological polar surface area (TPSA) is 67.2 Å². The number of amides is 2. The summed E-state index contributed by atoms with van der Waals surface area (Å²) in [5.41, 5.74) is 2.23. The zero-order chi connectivity index (χ0) is 20.4. The normalized spacial score (nSPS) is 14.8. The van der Waals surface area contributed by atoms with Crippen molar-refractivity contribution in [3.63, 3.8) is 0 Å². The second kappa shape index (κ2) is 8.09. The molecule has 1 aliphatic heterocycles. The fourth-order valence-corrected chi connectivity index (χ4v) is 3.66. The summed E-state index contributed by atoms with van der Waals surface area (Å²) in [6.45, 7) is 0.724. The van der Waals surface area contributed by atoms with Crippen LogP contribution < -0.4 is 10.2 Å². The van der Waals surface area contributed by atoms with E-state index in [1.807, 2.05) is 42.1 Å². The standard InChI is InChI=1S/C22H21ClN4O2/c1-26-14-12-24-21(26)20(15-4-8-17(23)9-5-15)25-22(29)16-6-10-18(11-7-16)27-13-2-3-19(27)28/h4-12,14,20H,2-3,13H2,1H3,(H,25,29)/t20-/m1/s1. The second-order valence-electron chi connectivity index (χ2n) is 7.05. The van der Waals surface area contributed by atoms with E-state index < -0.39 is 6.04 Å². The smallest absolute Gasteiger partial charge is 0.252 e. The Kier molecular flexibility index (Phi) is 5.36. The molecule has 2 amide bonds. The molecular weight excluding hydrogens is 388 g/mol.